The third-order valence-corrected chi connectivity index (χ3v) is 7.08. The number of halogens is 1. The van der Waals surface area contributed by atoms with Crippen LogP contribution in [-0.4, -0.2) is 5.11 Å². The van der Waals surface area contributed by atoms with Crippen molar-refractivity contribution >= 4 is 26.7 Å². The van der Waals surface area contributed by atoms with Gasteiger partial charge >= 0.3 is 0 Å². The van der Waals surface area contributed by atoms with E-state index in [1.807, 2.05) is 48.5 Å². The van der Waals surface area contributed by atoms with Crippen molar-refractivity contribution in [3.63, 3.8) is 0 Å². The summed E-state index contributed by atoms with van der Waals surface area (Å²) in [5.74, 6) is 0. The Bertz CT molecular complexity index is 1450. The fourth-order valence-corrected chi connectivity index (χ4v) is 5.50. The summed E-state index contributed by atoms with van der Waals surface area (Å²) in [4.78, 5) is 0. The molecule has 6 rings (SSSR count). The first-order chi connectivity index (χ1) is 15.2. The molecule has 1 N–H and O–H groups in total. The van der Waals surface area contributed by atoms with Gasteiger partial charge in [-0.15, -0.1) is 0 Å². The maximum Gasteiger partial charge on any atom is 0.142 e. The van der Waals surface area contributed by atoms with Gasteiger partial charge in [0.1, 0.15) is 5.60 Å². The van der Waals surface area contributed by atoms with Gasteiger partial charge in [0.2, 0.25) is 0 Å². The molecule has 0 saturated carbocycles. The molecule has 0 heterocycles. The summed E-state index contributed by atoms with van der Waals surface area (Å²) in [5.41, 5.74) is 5.83. The first-order valence-corrected chi connectivity index (χ1v) is 11.2. The summed E-state index contributed by atoms with van der Waals surface area (Å²) < 4.78 is 1.03. The monoisotopic (exact) mass is 462 g/mol. The molecule has 1 aliphatic carbocycles. The van der Waals surface area contributed by atoms with E-state index in [0.717, 1.165) is 54.2 Å². The topological polar surface area (TPSA) is 20.2 Å². The third kappa shape index (κ3) is 2.59. The Morgan fingerprint density at radius 2 is 1.13 bits per heavy atom. The molecule has 0 aromatic heterocycles. The normalized spacial score (nSPS) is 16.8. The minimum atomic E-state index is -1.27. The van der Waals surface area contributed by atoms with Crippen molar-refractivity contribution < 1.29 is 5.11 Å². The molecule has 1 aliphatic rings. The molecule has 1 unspecified atom stereocenters. The van der Waals surface area contributed by atoms with Gasteiger partial charge in [-0.1, -0.05) is 119 Å². The van der Waals surface area contributed by atoms with Crippen LogP contribution >= 0.6 is 15.9 Å². The van der Waals surface area contributed by atoms with Crippen LogP contribution in [0.5, 0.6) is 0 Å². The quantitative estimate of drug-likeness (QED) is 0.287. The molecule has 0 radical (unpaired) electrons. The van der Waals surface area contributed by atoms with Crippen LogP contribution in [0.15, 0.2) is 114 Å². The number of hydrogen-bond acceptors (Lipinski definition) is 1. The molecule has 1 atom stereocenters. The lowest BCUT2D eigenvalue weighted by Gasteiger charge is -2.38. The molecule has 0 spiro atoms. The molecular weight excluding hydrogens is 444 g/mol. The smallest absolute Gasteiger partial charge is 0.142 e. The molecule has 1 nitrogen and oxygen atoms in total. The highest BCUT2D eigenvalue weighted by molar-refractivity contribution is 9.10. The van der Waals surface area contributed by atoms with Gasteiger partial charge < -0.3 is 5.11 Å². The van der Waals surface area contributed by atoms with E-state index in [0.29, 0.717) is 0 Å². The van der Waals surface area contributed by atoms with Crippen molar-refractivity contribution in [2.24, 2.45) is 0 Å². The second-order valence-corrected chi connectivity index (χ2v) is 8.85. The summed E-state index contributed by atoms with van der Waals surface area (Å²) in [6.07, 6.45) is 0. The lowest BCUT2D eigenvalue weighted by molar-refractivity contribution is 0.128. The predicted octanol–water partition coefficient (Wildman–Crippen LogP) is 7.53. The number of rotatable bonds is 2. The van der Waals surface area contributed by atoms with Crippen LogP contribution in [0.2, 0.25) is 0 Å². The summed E-state index contributed by atoms with van der Waals surface area (Å²) in [6.45, 7) is 0. The van der Waals surface area contributed by atoms with Gasteiger partial charge in [-0.3, -0.25) is 0 Å². The average molecular weight is 463 g/mol. The Balaban J connectivity index is 1.78. The first-order valence-electron chi connectivity index (χ1n) is 10.4. The second-order valence-electron chi connectivity index (χ2n) is 7.99. The van der Waals surface area contributed by atoms with E-state index < -0.39 is 5.60 Å². The minimum Gasteiger partial charge on any atom is -0.376 e. The molecular formula is C29H19BrO. The first kappa shape index (κ1) is 18.6. The summed E-state index contributed by atoms with van der Waals surface area (Å²) >= 11 is 3.72. The van der Waals surface area contributed by atoms with Gasteiger partial charge in [0.15, 0.2) is 0 Å². The van der Waals surface area contributed by atoms with E-state index in [1.165, 1.54) is 0 Å². The zero-order valence-corrected chi connectivity index (χ0v) is 18.3. The number of benzene rings is 5. The standard InChI is InChI=1S/C29H19BrO/c30-27-18-17-22-21-12-5-7-15-25(21)29(31,26-16-8-13-23(27)28(22)26)24-14-6-4-11-20(24)19-9-2-1-3-10-19/h1-18,31H. The highest BCUT2D eigenvalue weighted by atomic mass is 79.9. The van der Waals surface area contributed by atoms with Gasteiger partial charge in [0.05, 0.1) is 0 Å². The maximum atomic E-state index is 12.7. The molecule has 0 amide bonds. The van der Waals surface area contributed by atoms with Crippen LogP contribution in [0.25, 0.3) is 33.0 Å². The SMILES string of the molecule is OC1(c2ccccc2-c2ccccc2)c2ccccc2-c2ccc(Br)c3cccc1c23. The Labute approximate surface area is 189 Å². The molecule has 2 heteroatoms. The van der Waals surface area contributed by atoms with Crippen LogP contribution in [0.4, 0.5) is 0 Å². The van der Waals surface area contributed by atoms with Gasteiger partial charge in [-0.05, 0) is 39.1 Å². The van der Waals surface area contributed by atoms with Crippen LogP contribution in [0, 0.1) is 0 Å². The van der Waals surface area contributed by atoms with Gasteiger partial charge in [0, 0.05) is 21.2 Å². The number of fused-ring (bicyclic) bond motifs is 2. The number of hydrogen-bond donors (Lipinski definition) is 1. The minimum absolute atomic E-state index is 0.895. The molecule has 148 valence electrons. The predicted molar refractivity (Wildman–Crippen MR) is 131 cm³/mol. The van der Waals surface area contributed by atoms with Crippen LogP contribution < -0.4 is 0 Å². The van der Waals surface area contributed by atoms with Crippen molar-refractivity contribution in [1.29, 1.82) is 0 Å². The number of aliphatic hydroxyl groups is 1. The van der Waals surface area contributed by atoms with E-state index in [1.54, 1.807) is 0 Å². The molecule has 31 heavy (non-hydrogen) atoms. The molecule has 5 aromatic carbocycles. The zero-order chi connectivity index (χ0) is 21.0. The largest absolute Gasteiger partial charge is 0.376 e. The summed E-state index contributed by atoms with van der Waals surface area (Å²) in [7, 11) is 0. The Kier molecular flexibility index (Phi) is 4.14. The van der Waals surface area contributed by atoms with E-state index >= 15 is 0 Å². The van der Waals surface area contributed by atoms with Crippen molar-refractivity contribution in [2.45, 2.75) is 5.60 Å². The van der Waals surface area contributed by atoms with Crippen molar-refractivity contribution in [2.75, 3.05) is 0 Å². The van der Waals surface area contributed by atoms with Gasteiger partial charge in [-0.25, -0.2) is 0 Å². The van der Waals surface area contributed by atoms with Crippen molar-refractivity contribution in [3.8, 4) is 22.3 Å². The maximum absolute atomic E-state index is 12.7. The summed E-state index contributed by atoms with van der Waals surface area (Å²) in [5, 5.41) is 14.9. The molecule has 5 aromatic rings. The fraction of sp³-hybridized carbons (Fsp3) is 0.0345. The molecule has 0 saturated heterocycles. The zero-order valence-electron chi connectivity index (χ0n) is 16.7. The van der Waals surface area contributed by atoms with Crippen LogP contribution in [0.3, 0.4) is 0 Å². The Morgan fingerprint density at radius 3 is 1.90 bits per heavy atom. The average Bonchev–Trinajstić information content (AvgIpc) is 2.84. The third-order valence-electron chi connectivity index (χ3n) is 6.39. The highest BCUT2D eigenvalue weighted by Gasteiger charge is 2.42. The van der Waals surface area contributed by atoms with Crippen LogP contribution in [0.1, 0.15) is 16.7 Å². The van der Waals surface area contributed by atoms with Crippen LogP contribution in [-0.2, 0) is 5.60 Å². The van der Waals surface area contributed by atoms with E-state index in [4.69, 9.17) is 0 Å². The molecule has 0 aliphatic heterocycles. The molecule has 0 bridgehead atoms. The van der Waals surface area contributed by atoms with Crippen molar-refractivity contribution in [3.05, 3.63) is 130 Å². The molecule has 0 fully saturated rings. The van der Waals surface area contributed by atoms with E-state index in [9.17, 15) is 5.11 Å². The van der Waals surface area contributed by atoms with Gasteiger partial charge in [0.25, 0.3) is 0 Å². The van der Waals surface area contributed by atoms with Crippen molar-refractivity contribution in [1.82, 2.24) is 0 Å². The summed E-state index contributed by atoms with van der Waals surface area (Å²) in [6, 6.07) is 37.2. The fourth-order valence-electron chi connectivity index (χ4n) is 5.03. The lowest BCUT2D eigenvalue weighted by atomic mass is 9.69. The highest BCUT2D eigenvalue weighted by Crippen LogP contribution is 2.52. The lowest BCUT2D eigenvalue weighted by Crippen LogP contribution is -2.32. The second kappa shape index (κ2) is 6.91. The van der Waals surface area contributed by atoms with E-state index in [-0.39, 0.29) is 0 Å². The Hall–Kier alpha value is -3.20. The van der Waals surface area contributed by atoms with Gasteiger partial charge in [-0.2, -0.15) is 0 Å². The Morgan fingerprint density at radius 1 is 0.516 bits per heavy atom. The van der Waals surface area contributed by atoms with E-state index in [2.05, 4.69) is 76.6 Å².